The number of primary amides is 1. The predicted octanol–water partition coefficient (Wildman–Crippen LogP) is -0.537. The fourth-order valence-electron chi connectivity index (χ4n) is 1.19. The first-order chi connectivity index (χ1) is 7.94. The van der Waals surface area contributed by atoms with Crippen molar-refractivity contribution in [1.82, 2.24) is 4.72 Å². The normalized spacial score (nSPS) is 10.8. The molecule has 0 saturated carbocycles. The Morgan fingerprint density at radius 2 is 2.06 bits per heavy atom. The van der Waals surface area contributed by atoms with Crippen LogP contribution in [0.4, 0.5) is 0 Å². The average Bonchev–Trinajstić information content (AvgIpc) is 2.27. The van der Waals surface area contributed by atoms with Crippen molar-refractivity contribution in [1.29, 1.82) is 5.26 Å². The van der Waals surface area contributed by atoms with Crippen molar-refractivity contribution in [2.45, 2.75) is 5.75 Å². The SMILES string of the molecule is N#Cc1ccccc1CS(=O)(=O)NCC(N)=O. The number of carbonyl (C=O) groups excluding carboxylic acids is 1. The van der Waals surface area contributed by atoms with Gasteiger partial charge in [-0.2, -0.15) is 5.26 Å². The summed E-state index contributed by atoms with van der Waals surface area (Å²) < 4.78 is 25.1. The molecule has 0 radical (unpaired) electrons. The molecule has 0 spiro atoms. The number of nitriles is 1. The lowest BCUT2D eigenvalue weighted by molar-refractivity contribution is -0.116. The zero-order valence-corrected chi connectivity index (χ0v) is 9.70. The topological polar surface area (TPSA) is 113 Å². The third kappa shape index (κ3) is 4.22. The van der Waals surface area contributed by atoms with E-state index in [4.69, 9.17) is 11.0 Å². The lowest BCUT2D eigenvalue weighted by atomic mass is 10.1. The van der Waals surface area contributed by atoms with Gasteiger partial charge in [-0.25, -0.2) is 13.1 Å². The molecule has 0 aliphatic carbocycles. The molecule has 0 aromatic heterocycles. The summed E-state index contributed by atoms with van der Waals surface area (Å²) in [6, 6.07) is 8.25. The number of amides is 1. The van der Waals surface area contributed by atoms with Gasteiger partial charge in [-0.05, 0) is 11.6 Å². The molecule has 0 atom stereocenters. The predicted molar refractivity (Wildman–Crippen MR) is 61.0 cm³/mol. The van der Waals surface area contributed by atoms with E-state index in [2.05, 4.69) is 0 Å². The molecule has 1 rings (SSSR count). The summed E-state index contributed by atoms with van der Waals surface area (Å²) in [4.78, 5) is 10.5. The van der Waals surface area contributed by atoms with Crippen molar-refractivity contribution >= 4 is 15.9 Å². The van der Waals surface area contributed by atoms with Crippen LogP contribution in [0.1, 0.15) is 11.1 Å². The molecule has 0 unspecified atom stereocenters. The molecule has 90 valence electrons. The molecule has 6 nitrogen and oxygen atoms in total. The van der Waals surface area contributed by atoms with Gasteiger partial charge in [0.1, 0.15) is 0 Å². The van der Waals surface area contributed by atoms with Crippen LogP contribution in [0, 0.1) is 11.3 Å². The molecule has 1 amide bonds. The Balaban J connectivity index is 2.84. The Hall–Kier alpha value is -1.91. The average molecular weight is 253 g/mol. The summed E-state index contributed by atoms with van der Waals surface area (Å²) >= 11 is 0. The maximum Gasteiger partial charge on any atom is 0.232 e. The minimum absolute atomic E-state index is 0.289. The molecule has 0 aliphatic heterocycles. The van der Waals surface area contributed by atoms with Gasteiger partial charge in [0.2, 0.25) is 15.9 Å². The van der Waals surface area contributed by atoms with Crippen LogP contribution < -0.4 is 10.5 Å². The standard InChI is InChI=1S/C10H11N3O3S/c11-5-8-3-1-2-4-9(8)7-17(15,16)13-6-10(12)14/h1-4,13H,6-7H2,(H2,12,14). The first-order valence-electron chi connectivity index (χ1n) is 4.68. The quantitative estimate of drug-likeness (QED) is 0.733. The van der Waals surface area contributed by atoms with Crippen LogP contribution in [0.5, 0.6) is 0 Å². The number of carbonyl (C=O) groups is 1. The Bertz CT molecular complexity index is 560. The summed E-state index contributed by atoms with van der Waals surface area (Å²) in [6.45, 7) is -0.447. The zero-order valence-electron chi connectivity index (χ0n) is 8.88. The number of nitrogens with two attached hydrogens (primary N) is 1. The van der Waals surface area contributed by atoms with Crippen LogP contribution in [0.25, 0.3) is 0 Å². The van der Waals surface area contributed by atoms with E-state index >= 15 is 0 Å². The van der Waals surface area contributed by atoms with Crippen LogP contribution in [-0.2, 0) is 20.6 Å². The van der Waals surface area contributed by atoms with Gasteiger partial charge in [0.15, 0.2) is 0 Å². The maximum absolute atomic E-state index is 11.5. The highest BCUT2D eigenvalue weighted by Crippen LogP contribution is 2.10. The van der Waals surface area contributed by atoms with E-state index in [1.54, 1.807) is 18.2 Å². The molecular weight excluding hydrogens is 242 g/mol. The van der Waals surface area contributed by atoms with E-state index in [0.29, 0.717) is 5.56 Å². The lowest BCUT2D eigenvalue weighted by Gasteiger charge is -2.06. The van der Waals surface area contributed by atoms with E-state index in [1.807, 2.05) is 10.8 Å². The van der Waals surface area contributed by atoms with Gasteiger partial charge in [0.05, 0.1) is 23.9 Å². The number of benzene rings is 1. The largest absolute Gasteiger partial charge is 0.369 e. The third-order valence-corrected chi connectivity index (χ3v) is 3.22. The van der Waals surface area contributed by atoms with Crippen molar-refractivity contribution in [3.63, 3.8) is 0 Å². The minimum atomic E-state index is -3.66. The van der Waals surface area contributed by atoms with Crippen LogP contribution in [0.3, 0.4) is 0 Å². The van der Waals surface area contributed by atoms with E-state index in [-0.39, 0.29) is 11.3 Å². The number of rotatable bonds is 5. The van der Waals surface area contributed by atoms with Gasteiger partial charge in [-0.15, -0.1) is 0 Å². The summed E-state index contributed by atoms with van der Waals surface area (Å²) in [6.07, 6.45) is 0. The number of nitrogens with one attached hydrogen (secondary N) is 1. The van der Waals surface area contributed by atoms with Crippen molar-refractivity contribution < 1.29 is 13.2 Å². The molecule has 1 aromatic carbocycles. The second-order valence-corrected chi connectivity index (χ2v) is 5.12. The Morgan fingerprint density at radius 1 is 1.41 bits per heavy atom. The summed E-state index contributed by atoms with van der Waals surface area (Å²) in [5.74, 6) is -1.12. The molecule has 3 N–H and O–H groups in total. The van der Waals surface area contributed by atoms with Gasteiger partial charge in [0.25, 0.3) is 0 Å². The highest BCUT2D eigenvalue weighted by molar-refractivity contribution is 7.88. The minimum Gasteiger partial charge on any atom is -0.369 e. The van der Waals surface area contributed by atoms with E-state index in [9.17, 15) is 13.2 Å². The highest BCUT2D eigenvalue weighted by Gasteiger charge is 2.14. The lowest BCUT2D eigenvalue weighted by Crippen LogP contribution is -2.34. The molecule has 7 heteroatoms. The first-order valence-corrected chi connectivity index (χ1v) is 6.33. The molecule has 0 saturated heterocycles. The molecule has 1 aromatic rings. The smallest absolute Gasteiger partial charge is 0.232 e. The van der Waals surface area contributed by atoms with Gasteiger partial charge in [-0.3, -0.25) is 4.79 Å². The number of hydrogen-bond acceptors (Lipinski definition) is 4. The fraction of sp³-hybridized carbons (Fsp3) is 0.200. The Labute approximate surface area is 99.1 Å². The van der Waals surface area contributed by atoms with Crippen molar-refractivity contribution in [3.8, 4) is 6.07 Å². The van der Waals surface area contributed by atoms with E-state index in [0.717, 1.165) is 0 Å². The molecular formula is C10H11N3O3S. The maximum atomic E-state index is 11.5. The van der Waals surface area contributed by atoms with E-state index < -0.39 is 22.5 Å². The number of nitrogens with zero attached hydrogens (tertiary/aromatic N) is 1. The molecule has 0 bridgehead atoms. The Morgan fingerprint density at radius 3 is 2.65 bits per heavy atom. The van der Waals surface area contributed by atoms with Gasteiger partial charge in [-0.1, -0.05) is 18.2 Å². The summed E-state index contributed by atoms with van der Waals surface area (Å²) in [5.41, 5.74) is 5.50. The molecule has 0 aliphatic rings. The van der Waals surface area contributed by atoms with Gasteiger partial charge in [0, 0.05) is 0 Å². The van der Waals surface area contributed by atoms with Crippen molar-refractivity contribution in [3.05, 3.63) is 35.4 Å². The molecule has 17 heavy (non-hydrogen) atoms. The van der Waals surface area contributed by atoms with Gasteiger partial charge >= 0.3 is 0 Å². The highest BCUT2D eigenvalue weighted by atomic mass is 32.2. The monoisotopic (exact) mass is 253 g/mol. The van der Waals surface area contributed by atoms with E-state index in [1.165, 1.54) is 6.07 Å². The molecule has 0 heterocycles. The summed E-state index contributed by atoms with van der Waals surface area (Å²) in [7, 11) is -3.66. The van der Waals surface area contributed by atoms with Crippen LogP contribution in [0.15, 0.2) is 24.3 Å². The number of sulfonamides is 1. The third-order valence-electron chi connectivity index (χ3n) is 1.95. The van der Waals surface area contributed by atoms with Gasteiger partial charge < -0.3 is 5.73 Å². The second-order valence-electron chi connectivity index (χ2n) is 3.32. The van der Waals surface area contributed by atoms with Crippen molar-refractivity contribution in [2.75, 3.05) is 6.54 Å². The summed E-state index contributed by atoms with van der Waals surface area (Å²) in [5, 5.41) is 8.79. The van der Waals surface area contributed by atoms with Crippen LogP contribution >= 0.6 is 0 Å². The number of hydrogen-bond donors (Lipinski definition) is 2. The van der Waals surface area contributed by atoms with Crippen LogP contribution in [-0.4, -0.2) is 20.9 Å². The second kappa shape index (κ2) is 5.43. The fourth-order valence-corrected chi connectivity index (χ4v) is 2.32. The van der Waals surface area contributed by atoms with Crippen molar-refractivity contribution in [2.24, 2.45) is 5.73 Å². The zero-order chi connectivity index (χ0) is 12.9. The van der Waals surface area contributed by atoms with Crippen LogP contribution in [0.2, 0.25) is 0 Å². The molecule has 0 fully saturated rings. The first kappa shape index (κ1) is 13.2. The Kier molecular flexibility index (Phi) is 4.20.